The minimum absolute atomic E-state index is 0.0583. The van der Waals surface area contributed by atoms with Gasteiger partial charge in [-0.25, -0.2) is 0 Å². The van der Waals surface area contributed by atoms with Crippen LogP contribution in [0.15, 0.2) is 60.7 Å². The molecule has 4 aliphatic rings. The van der Waals surface area contributed by atoms with Gasteiger partial charge in [0, 0.05) is 44.0 Å². The zero-order valence-electron chi connectivity index (χ0n) is 24.5. The van der Waals surface area contributed by atoms with Crippen molar-refractivity contribution in [1.29, 1.82) is 0 Å². The zero-order chi connectivity index (χ0) is 30.0. The van der Waals surface area contributed by atoms with Crippen LogP contribution in [0.2, 0.25) is 0 Å². The van der Waals surface area contributed by atoms with Gasteiger partial charge in [-0.05, 0) is 99.1 Å². The maximum atomic E-state index is 14.1. The number of nitrogens with one attached hydrogen (secondary N) is 1. The Morgan fingerprint density at radius 2 is 1.44 bits per heavy atom. The maximum absolute atomic E-state index is 14.1. The number of amides is 2. The van der Waals surface area contributed by atoms with E-state index in [4.69, 9.17) is 0 Å². The molecule has 7 rings (SSSR count). The van der Waals surface area contributed by atoms with E-state index >= 15 is 0 Å². The van der Waals surface area contributed by atoms with Crippen LogP contribution in [0, 0.1) is 5.41 Å². The molecule has 6 nitrogen and oxygen atoms in total. The van der Waals surface area contributed by atoms with Gasteiger partial charge in [0.25, 0.3) is 5.91 Å². The van der Waals surface area contributed by atoms with Crippen molar-refractivity contribution in [3.8, 4) is 0 Å². The first-order valence-electron chi connectivity index (χ1n) is 15.5. The van der Waals surface area contributed by atoms with E-state index in [1.807, 2.05) is 47.4 Å². The summed E-state index contributed by atoms with van der Waals surface area (Å²) in [5.74, 6) is -0.334. The average molecular weight is 593 g/mol. The molecule has 3 aromatic carbocycles. The van der Waals surface area contributed by atoms with Crippen LogP contribution in [0.5, 0.6) is 0 Å². The Labute approximate surface area is 250 Å². The number of halogens is 3. The molecule has 0 aliphatic carbocycles. The van der Waals surface area contributed by atoms with Gasteiger partial charge in [0.15, 0.2) is 0 Å². The highest BCUT2D eigenvalue weighted by Gasteiger charge is 2.50. The van der Waals surface area contributed by atoms with Crippen molar-refractivity contribution in [3.63, 3.8) is 0 Å². The van der Waals surface area contributed by atoms with Gasteiger partial charge in [0.2, 0.25) is 5.91 Å². The molecule has 4 saturated heterocycles. The summed E-state index contributed by atoms with van der Waals surface area (Å²) in [6.07, 6.45) is 1.56. The Bertz CT molecular complexity index is 1460. The third-order valence-corrected chi connectivity index (χ3v) is 9.52. The van der Waals surface area contributed by atoms with E-state index in [-0.39, 0.29) is 24.0 Å². The fraction of sp³-hybridized carbons (Fsp3) is 0.471. The Hall–Kier alpha value is -3.59. The third kappa shape index (κ3) is 6.09. The monoisotopic (exact) mass is 592 g/mol. The molecule has 2 amide bonds. The molecule has 0 unspecified atom stereocenters. The molecular formula is C34H39F3N4O2. The van der Waals surface area contributed by atoms with E-state index in [9.17, 15) is 22.8 Å². The van der Waals surface area contributed by atoms with Crippen LogP contribution in [0.4, 0.5) is 24.5 Å². The summed E-state index contributed by atoms with van der Waals surface area (Å²) in [6, 6.07) is 17.9. The minimum Gasteiger partial charge on any atom is -0.372 e. The average Bonchev–Trinajstić information content (AvgIpc) is 3.82. The van der Waals surface area contributed by atoms with Crippen molar-refractivity contribution in [2.45, 2.75) is 51.1 Å². The van der Waals surface area contributed by atoms with E-state index in [1.165, 1.54) is 43.0 Å². The summed E-state index contributed by atoms with van der Waals surface area (Å²) in [7, 11) is 0. The second kappa shape index (κ2) is 12.2. The Morgan fingerprint density at radius 3 is 2.09 bits per heavy atom. The Morgan fingerprint density at radius 1 is 0.767 bits per heavy atom. The second-order valence-electron chi connectivity index (χ2n) is 12.2. The first-order chi connectivity index (χ1) is 20.7. The first kappa shape index (κ1) is 29.5. The number of rotatable bonds is 3. The van der Waals surface area contributed by atoms with Crippen LogP contribution in [-0.2, 0) is 11.0 Å². The van der Waals surface area contributed by atoms with Gasteiger partial charge in [-0.15, -0.1) is 0 Å². The third-order valence-electron chi connectivity index (χ3n) is 9.52. The molecule has 43 heavy (non-hydrogen) atoms. The van der Waals surface area contributed by atoms with Crippen molar-refractivity contribution in [2.75, 3.05) is 55.6 Å². The number of carbonyl (C=O) groups is 2. The molecular weight excluding hydrogens is 553 g/mol. The molecule has 4 fully saturated rings. The van der Waals surface area contributed by atoms with Crippen molar-refractivity contribution in [1.82, 2.24) is 10.2 Å². The van der Waals surface area contributed by atoms with E-state index in [0.29, 0.717) is 43.6 Å². The van der Waals surface area contributed by atoms with Crippen molar-refractivity contribution >= 4 is 34.0 Å². The lowest BCUT2D eigenvalue weighted by molar-refractivity contribution is -0.137. The van der Waals surface area contributed by atoms with Crippen LogP contribution in [-0.4, -0.2) is 62.5 Å². The van der Waals surface area contributed by atoms with Crippen molar-refractivity contribution in [2.24, 2.45) is 5.41 Å². The molecule has 1 N–H and O–H groups in total. The highest BCUT2D eigenvalue weighted by molar-refractivity contribution is 6.02. The number of likely N-dealkylation sites (tertiary alicyclic amines) is 1. The van der Waals surface area contributed by atoms with Gasteiger partial charge in [0.05, 0.1) is 16.7 Å². The topological polar surface area (TPSA) is 55.9 Å². The summed E-state index contributed by atoms with van der Waals surface area (Å²) in [5.41, 5.74) is -0.378. The molecule has 0 saturated carbocycles. The molecule has 0 atom stereocenters. The van der Waals surface area contributed by atoms with E-state index in [2.05, 4.69) is 5.32 Å². The number of anilines is 2. The fourth-order valence-corrected chi connectivity index (χ4v) is 6.94. The SMILES string of the molecule is C1CCNC1.O=C(c1ccc2ccccc2c1)N1CCC2(CC1)CCN(c1ccc(N3CCCC3)cc1C(F)(F)F)C2=O. The molecule has 3 aromatic rings. The quantitative estimate of drug-likeness (QED) is 0.378. The lowest BCUT2D eigenvalue weighted by Crippen LogP contribution is -2.46. The minimum atomic E-state index is -4.56. The van der Waals surface area contributed by atoms with Gasteiger partial charge < -0.3 is 20.0 Å². The molecule has 228 valence electrons. The van der Waals surface area contributed by atoms with Crippen molar-refractivity contribution < 1.29 is 22.8 Å². The Kier molecular flexibility index (Phi) is 8.36. The van der Waals surface area contributed by atoms with E-state index < -0.39 is 17.2 Å². The van der Waals surface area contributed by atoms with Gasteiger partial charge in [-0.2, -0.15) is 13.2 Å². The maximum Gasteiger partial charge on any atom is 0.418 e. The summed E-state index contributed by atoms with van der Waals surface area (Å²) in [5, 5.41) is 5.27. The van der Waals surface area contributed by atoms with E-state index in [1.54, 1.807) is 11.0 Å². The van der Waals surface area contributed by atoms with Crippen LogP contribution >= 0.6 is 0 Å². The van der Waals surface area contributed by atoms with Gasteiger partial charge in [0.1, 0.15) is 0 Å². The summed E-state index contributed by atoms with van der Waals surface area (Å²) in [4.78, 5) is 31.9. The molecule has 4 aliphatic heterocycles. The number of alkyl halides is 3. The normalized spacial score (nSPS) is 20.2. The number of carbonyl (C=O) groups excluding carboxylic acids is 2. The number of benzene rings is 3. The fourth-order valence-electron chi connectivity index (χ4n) is 6.94. The number of hydrogen-bond acceptors (Lipinski definition) is 4. The second-order valence-corrected chi connectivity index (χ2v) is 12.2. The number of hydrogen-bond donors (Lipinski definition) is 1. The van der Waals surface area contributed by atoms with Crippen LogP contribution in [0.25, 0.3) is 10.8 Å². The lowest BCUT2D eigenvalue weighted by atomic mass is 9.77. The van der Waals surface area contributed by atoms with Gasteiger partial charge in [-0.3, -0.25) is 9.59 Å². The predicted molar refractivity (Wildman–Crippen MR) is 163 cm³/mol. The summed E-state index contributed by atoms with van der Waals surface area (Å²) in [6.45, 7) is 5.06. The molecule has 0 aromatic heterocycles. The lowest BCUT2D eigenvalue weighted by Gasteiger charge is -2.38. The first-order valence-corrected chi connectivity index (χ1v) is 15.5. The van der Waals surface area contributed by atoms with Gasteiger partial charge >= 0.3 is 6.18 Å². The molecule has 9 heteroatoms. The highest BCUT2D eigenvalue weighted by atomic mass is 19.4. The van der Waals surface area contributed by atoms with Gasteiger partial charge in [-0.1, -0.05) is 30.3 Å². The summed E-state index contributed by atoms with van der Waals surface area (Å²) < 4.78 is 42.4. The predicted octanol–water partition coefficient (Wildman–Crippen LogP) is 6.49. The molecule has 0 radical (unpaired) electrons. The molecule has 4 heterocycles. The van der Waals surface area contributed by atoms with E-state index in [0.717, 1.165) is 36.7 Å². The zero-order valence-corrected chi connectivity index (χ0v) is 24.5. The number of fused-ring (bicyclic) bond motifs is 1. The molecule has 0 bridgehead atoms. The highest BCUT2D eigenvalue weighted by Crippen LogP contribution is 2.47. The standard InChI is InChI=1S/C30H30F3N3O2.C4H9N/c31-30(32,33)25-20-24(34-14-3-4-15-34)9-10-26(25)36-18-13-29(28(36)38)11-16-35(17-12-29)27(37)23-8-7-21-5-1-2-6-22(21)19-23;1-2-4-5-3-1/h1-2,5-10,19-20H,3-4,11-18H2;5H,1-4H2. The van der Waals surface area contributed by atoms with Crippen LogP contribution in [0.1, 0.15) is 60.9 Å². The van der Waals surface area contributed by atoms with Crippen molar-refractivity contribution in [3.05, 3.63) is 71.8 Å². The van der Waals surface area contributed by atoms with Crippen LogP contribution < -0.4 is 15.1 Å². The summed E-state index contributed by atoms with van der Waals surface area (Å²) >= 11 is 0. The van der Waals surface area contributed by atoms with Crippen LogP contribution in [0.3, 0.4) is 0 Å². The Balaban J connectivity index is 0.000000599. The molecule has 1 spiro atoms. The largest absolute Gasteiger partial charge is 0.418 e. The number of nitrogens with zero attached hydrogens (tertiary/aromatic N) is 3. The smallest absolute Gasteiger partial charge is 0.372 e. The number of piperidine rings is 1.